The van der Waals surface area contributed by atoms with Crippen LogP contribution in [0.5, 0.6) is 11.5 Å². The quantitative estimate of drug-likeness (QED) is 0.0743. The van der Waals surface area contributed by atoms with E-state index in [4.69, 9.17) is 14.5 Å². The van der Waals surface area contributed by atoms with Crippen LogP contribution in [0.2, 0.25) is 0 Å². The molecular weight excluding hydrogens is 592 g/mol. The highest BCUT2D eigenvalue weighted by molar-refractivity contribution is 5.48. The van der Waals surface area contributed by atoms with E-state index in [2.05, 4.69) is 21.9 Å². The number of benzene rings is 2. The molecule has 46 heavy (non-hydrogen) atoms. The number of rotatable bonds is 21. The molecule has 0 saturated heterocycles. The summed E-state index contributed by atoms with van der Waals surface area (Å²) < 4.78 is 11.4. The number of aliphatic hydroxyl groups is 4. The molecule has 3 rings (SSSR count). The summed E-state index contributed by atoms with van der Waals surface area (Å²) >= 11 is 0. The van der Waals surface area contributed by atoms with Gasteiger partial charge in [-0.2, -0.15) is 15.0 Å². The molecule has 0 unspecified atom stereocenters. The number of nitrogens with zero attached hydrogens (tertiary/aromatic N) is 5. The van der Waals surface area contributed by atoms with Gasteiger partial charge in [0.15, 0.2) is 0 Å². The molecule has 0 spiro atoms. The minimum absolute atomic E-state index is 0.100. The largest absolute Gasteiger partial charge is 0.508 e. The van der Waals surface area contributed by atoms with Gasteiger partial charge in [-0.25, -0.2) is 0 Å². The lowest BCUT2D eigenvalue weighted by Crippen LogP contribution is -2.33. The fraction of sp³-hybridized carbons (Fsp3) is 0.364. The van der Waals surface area contributed by atoms with E-state index in [1.54, 1.807) is 46.2 Å². The van der Waals surface area contributed by atoms with Gasteiger partial charge in [-0.1, -0.05) is 55.1 Å². The number of aromatic hydroxyl groups is 1. The Balaban J connectivity index is 2.06. The molecule has 0 aliphatic carbocycles. The summed E-state index contributed by atoms with van der Waals surface area (Å²) in [5, 5.41) is 52.2. The van der Waals surface area contributed by atoms with Crippen LogP contribution in [0.15, 0.2) is 84.7 Å². The third-order valence-corrected chi connectivity index (χ3v) is 6.61. The Hall–Kier alpha value is -4.69. The summed E-state index contributed by atoms with van der Waals surface area (Å²) in [5.74, 6) is 1.95. The third-order valence-electron chi connectivity index (χ3n) is 6.61. The summed E-state index contributed by atoms with van der Waals surface area (Å²) in [5.41, 5.74) is 2.22. The van der Waals surface area contributed by atoms with Gasteiger partial charge in [-0.15, -0.1) is 0 Å². The highest BCUT2D eigenvalue weighted by atomic mass is 16.5. The van der Waals surface area contributed by atoms with Gasteiger partial charge in [0.25, 0.3) is 0 Å². The first-order valence-electron chi connectivity index (χ1n) is 15.0. The standard InChI is InChI=1S/C33H44N6O7/c1-3-4-12-29(45-20-18-42)25(2)23-38(14-16-40)32-35-31(34-22-26-9-6-8-13-30(26)46-21-19-43)36-33(37-32)39(15-17-41)24-27-10-5-7-11-28(27)44/h3-13,40-44H,1,14-24H2,2H3,(H,34,35,36,37)/b12-4-,29-25-. The van der Waals surface area contributed by atoms with Gasteiger partial charge in [-0.05, 0) is 30.7 Å². The van der Waals surface area contributed by atoms with E-state index in [1.807, 2.05) is 37.3 Å². The van der Waals surface area contributed by atoms with Crippen LogP contribution in [-0.2, 0) is 17.8 Å². The van der Waals surface area contributed by atoms with Crippen LogP contribution in [0.25, 0.3) is 0 Å². The predicted octanol–water partition coefficient (Wildman–Crippen LogP) is 2.38. The normalized spacial score (nSPS) is 11.7. The number of hydrogen-bond acceptors (Lipinski definition) is 13. The number of ether oxygens (including phenoxy) is 2. The van der Waals surface area contributed by atoms with Crippen molar-refractivity contribution in [2.75, 3.05) is 74.4 Å². The first kappa shape index (κ1) is 35.8. The van der Waals surface area contributed by atoms with E-state index in [-0.39, 0.29) is 96.0 Å². The zero-order valence-corrected chi connectivity index (χ0v) is 26.1. The number of hydrogen-bond donors (Lipinski definition) is 6. The highest BCUT2D eigenvalue weighted by Gasteiger charge is 2.20. The Bertz CT molecular complexity index is 1440. The highest BCUT2D eigenvalue weighted by Crippen LogP contribution is 2.25. The molecule has 13 heteroatoms. The predicted molar refractivity (Wildman–Crippen MR) is 177 cm³/mol. The molecule has 1 heterocycles. The molecule has 3 aromatic rings. The molecule has 2 aromatic carbocycles. The molecule has 0 fully saturated rings. The Morgan fingerprint density at radius 3 is 2.17 bits per heavy atom. The van der Waals surface area contributed by atoms with Crippen molar-refractivity contribution in [1.82, 2.24) is 15.0 Å². The van der Waals surface area contributed by atoms with Crippen LogP contribution in [-0.4, -0.2) is 99.8 Å². The van der Waals surface area contributed by atoms with Crippen LogP contribution < -0.4 is 19.9 Å². The maximum absolute atomic E-state index is 10.5. The van der Waals surface area contributed by atoms with Crippen LogP contribution >= 0.6 is 0 Å². The van der Waals surface area contributed by atoms with Crippen molar-refractivity contribution >= 4 is 17.8 Å². The molecule has 0 aliphatic rings. The topological polar surface area (TPSA) is 177 Å². The lowest BCUT2D eigenvalue weighted by atomic mass is 10.2. The molecule has 6 N–H and O–H groups in total. The van der Waals surface area contributed by atoms with Crippen LogP contribution in [0.3, 0.4) is 0 Å². The van der Waals surface area contributed by atoms with Gasteiger partial charge in [0.05, 0.1) is 26.4 Å². The van der Waals surface area contributed by atoms with Gasteiger partial charge in [-0.3, -0.25) is 0 Å². The summed E-state index contributed by atoms with van der Waals surface area (Å²) in [6.45, 7) is 6.26. The second kappa shape index (κ2) is 19.6. The molecule has 0 amide bonds. The maximum Gasteiger partial charge on any atom is 0.232 e. The Kier molecular flexibility index (Phi) is 15.3. The second-order valence-corrected chi connectivity index (χ2v) is 10.0. The second-order valence-electron chi connectivity index (χ2n) is 10.0. The van der Waals surface area contributed by atoms with Gasteiger partial charge in [0.2, 0.25) is 17.8 Å². The van der Waals surface area contributed by atoms with Crippen molar-refractivity contribution in [2.45, 2.75) is 20.0 Å². The number of phenolic OH excluding ortho intramolecular Hbond substituents is 1. The number of allylic oxidation sites excluding steroid dienone is 3. The number of aliphatic hydroxyl groups excluding tert-OH is 4. The molecule has 0 saturated carbocycles. The molecule has 0 bridgehead atoms. The molecule has 1 aromatic heterocycles. The molecule has 13 nitrogen and oxygen atoms in total. The van der Waals surface area contributed by atoms with Crippen molar-refractivity contribution in [1.29, 1.82) is 0 Å². The number of para-hydroxylation sites is 2. The Morgan fingerprint density at radius 2 is 1.50 bits per heavy atom. The average molecular weight is 637 g/mol. The molecule has 0 aliphatic heterocycles. The van der Waals surface area contributed by atoms with E-state index in [0.717, 1.165) is 11.1 Å². The van der Waals surface area contributed by atoms with Crippen molar-refractivity contribution in [3.8, 4) is 11.5 Å². The first-order chi connectivity index (χ1) is 22.4. The van der Waals surface area contributed by atoms with E-state index < -0.39 is 0 Å². The Labute approximate surface area is 269 Å². The zero-order chi connectivity index (χ0) is 33.1. The van der Waals surface area contributed by atoms with Crippen molar-refractivity contribution < 1.29 is 35.0 Å². The first-order valence-corrected chi connectivity index (χ1v) is 15.0. The molecule has 0 radical (unpaired) electrons. The molecule has 248 valence electrons. The van der Waals surface area contributed by atoms with Crippen LogP contribution in [0.1, 0.15) is 18.1 Å². The van der Waals surface area contributed by atoms with E-state index >= 15 is 0 Å². The lowest BCUT2D eigenvalue weighted by molar-refractivity contribution is 0.150. The Morgan fingerprint density at radius 1 is 0.848 bits per heavy atom. The smallest absolute Gasteiger partial charge is 0.232 e. The number of aromatic nitrogens is 3. The third kappa shape index (κ3) is 11.0. The number of anilines is 3. The van der Waals surface area contributed by atoms with E-state index in [9.17, 15) is 25.5 Å². The van der Waals surface area contributed by atoms with Gasteiger partial charge < -0.3 is 50.1 Å². The van der Waals surface area contributed by atoms with Crippen LogP contribution in [0.4, 0.5) is 17.8 Å². The van der Waals surface area contributed by atoms with Crippen molar-refractivity contribution in [3.63, 3.8) is 0 Å². The monoisotopic (exact) mass is 636 g/mol. The molecular formula is C33H44N6O7. The van der Waals surface area contributed by atoms with Gasteiger partial charge >= 0.3 is 0 Å². The summed E-state index contributed by atoms with van der Waals surface area (Å²) in [6, 6.07) is 14.3. The average Bonchev–Trinajstić information content (AvgIpc) is 3.07. The zero-order valence-electron chi connectivity index (χ0n) is 26.1. The summed E-state index contributed by atoms with van der Waals surface area (Å²) in [7, 11) is 0. The maximum atomic E-state index is 10.5. The van der Waals surface area contributed by atoms with E-state index in [1.165, 1.54) is 0 Å². The number of phenols is 1. The fourth-order valence-electron chi connectivity index (χ4n) is 4.42. The SMILES string of the molecule is C=C/C=C\C(OCCO)=C(/C)CN(CCO)c1nc(NCc2ccccc2OCCO)nc(N(CCO)Cc2ccccc2O)n1. The minimum Gasteiger partial charge on any atom is -0.508 e. The fourth-order valence-corrected chi connectivity index (χ4v) is 4.42. The minimum atomic E-state index is -0.198. The number of nitrogens with one attached hydrogen (secondary N) is 1. The summed E-state index contributed by atoms with van der Waals surface area (Å²) in [6.07, 6.45) is 5.08. The van der Waals surface area contributed by atoms with Gasteiger partial charge in [0, 0.05) is 43.9 Å². The van der Waals surface area contributed by atoms with E-state index in [0.29, 0.717) is 17.1 Å². The van der Waals surface area contributed by atoms with Crippen LogP contribution in [0, 0.1) is 0 Å². The van der Waals surface area contributed by atoms with Gasteiger partial charge in [0.1, 0.15) is 30.5 Å². The van der Waals surface area contributed by atoms with Crippen molar-refractivity contribution in [2.24, 2.45) is 0 Å². The summed E-state index contributed by atoms with van der Waals surface area (Å²) in [4.78, 5) is 17.6. The molecule has 0 atom stereocenters. The lowest BCUT2D eigenvalue weighted by Gasteiger charge is -2.27. The van der Waals surface area contributed by atoms with Crippen molar-refractivity contribution in [3.05, 3.63) is 95.8 Å².